The number of aromatic nitrogens is 2. The topological polar surface area (TPSA) is 64.1 Å². The van der Waals surface area contributed by atoms with Crippen LogP contribution >= 0.6 is 11.3 Å². The summed E-state index contributed by atoms with van der Waals surface area (Å²) in [5.74, 6) is 0.676. The summed E-state index contributed by atoms with van der Waals surface area (Å²) in [6, 6.07) is 11.4. The van der Waals surface area contributed by atoms with Crippen LogP contribution in [0.25, 0.3) is 10.6 Å². The highest BCUT2D eigenvalue weighted by Gasteiger charge is 2.18. The van der Waals surface area contributed by atoms with Gasteiger partial charge in [0.25, 0.3) is 5.91 Å². The fourth-order valence-corrected chi connectivity index (χ4v) is 3.42. The van der Waals surface area contributed by atoms with Gasteiger partial charge in [-0.3, -0.25) is 9.78 Å². The number of benzene rings is 1. The molecule has 1 atom stereocenters. The minimum atomic E-state index is -0.117. The smallest absolute Gasteiger partial charge is 0.263 e. The predicted octanol–water partition coefficient (Wildman–Crippen LogP) is 4.01. The summed E-state index contributed by atoms with van der Waals surface area (Å²) in [6.07, 6.45) is 3.47. The first-order chi connectivity index (χ1) is 12.1. The largest absolute Gasteiger partial charge is 0.497 e. The van der Waals surface area contributed by atoms with Crippen molar-refractivity contribution in [2.24, 2.45) is 0 Å². The molecule has 128 valence electrons. The van der Waals surface area contributed by atoms with Crippen LogP contribution in [0.5, 0.6) is 5.75 Å². The molecule has 1 N–H and O–H groups in total. The van der Waals surface area contributed by atoms with E-state index in [1.165, 1.54) is 11.3 Å². The van der Waals surface area contributed by atoms with E-state index in [2.05, 4.69) is 15.3 Å². The quantitative estimate of drug-likeness (QED) is 0.753. The zero-order chi connectivity index (χ0) is 17.8. The second kappa shape index (κ2) is 7.44. The van der Waals surface area contributed by atoms with Crippen LogP contribution in [-0.4, -0.2) is 23.0 Å². The lowest BCUT2D eigenvalue weighted by molar-refractivity contribution is 0.0943. The maximum atomic E-state index is 12.6. The number of nitrogens with one attached hydrogen (secondary N) is 1. The van der Waals surface area contributed by atoms with Gasteiger partial charge < -0.3 is 10.1 Å². The Morgan fingerprint density at radius 2 is 2.00 bits per heavy atom. The Labute approximate surface area is 150 Å². The third-order valence-electron chi connectivity index (χ3n) is 3.87. The highest BCUT2D eigenvalue weighted by molar-refractivity contribution is 7.17. The van der Waals surface area contributed by atoms with E-state index in [1.807, 2.05) is 50.2 Å². The number of rotatable bonds is 5. The molecular formula is C19H19N3O2S. The molecular weight excluding hydrogens is 334 g/mol. The number of carbonyl (C=O) groups is 1. The first kappa shape index (κ1) is 17.1. The molecule has 0 aliphatic carbocycles. The number of carbonyl (C=O) groups excluding carboxylic acids is 1. The number of ether oxygens (including phenoxy) is 1. The van der Waals surface area contributed by atoms with Gasteiger partial charge >= 0.3 is 0 Å². The molecule has 3 aromatic rings. The van der Waals surface area contributed by atoms with Crippen molar-refractivity contribution < 1.29 is 9.53 Å². The van der Waals surface area contributed by atoms with Crippen molar-refractivity contribution in [3.63, 3.8) is 0 Å². The predicted molar refractivity (Wildman–Crippen MR) is 99.0 cm³/mol. The Hall–Kier alpha value is -2.73. The third kappa shape index (κ3) is 3.85. The molecule has 0 saturated carbocycles. The van der Waals surface area contributed by atoms with Gasteiger partial charge in [0.2, 0.25) is 0 Å². The van der Waals surface area contributed by atoms with Crippen molar-refractivity contribution in [2.75, 3.05) is 7.11 Å². The standard InChI is InChI=1S/C19H19N3O2S/c1-12(14-6-8-16(24-3)9-7-14)21-18(23)17-13(2)22-19(25-17)15-5-4-10-20-11-15/h4-12H,1-3H3,(H,21,23). The van der Waals surface area contributed by atoms with Crippen LogP contribution < -0.4 is 10.1 Å². The molecule has 1 amide bonds. The van der Waals surface area contributed by atoms with Gasteiger partial charge in [-0.2, -0.15) is 0 Å². The molecule has 6 heteroatoms. The van der Waals surface area contributed by atoms with Gasteiger partial charge in [-0.05, 0) is 43.7 Å². The van der Waals surface area contributed by atoms with E-state index in [0.717, 1.165) is 27.6 Å². The second-order valence-electron chi connectivity index (χ2n) is 5.64. The second-order valence-corrected chi connectivity index (χ2v) is 6.64. The van der Waals surface area contributed by atoms with Crippen molar-refractivity contribution in [3.8, 4) is 16.3 Å². The molecule has 0 spiro atoms. The fraction of sp³-hybridized carbons (Fsp3) is 0.211. The van der Waals surface area contributed by atoms with E-state index in [-0.39, 0.29) is 11.9 Å². The van der Waals surface area contributed by atoms with Crippen molar-refractivity contribution in [1.82, 2.24) is 15.3 Å². The summed E-state index contributed by atoms with van der Waals surface area (Å²) in [5.41, 5.74) is 2.66. The van der Waals surface area contributed by atoms with Crippen LogP contribution in [0.15, 0.2) is 48.8 Å². The molecule has 5 nitrogen and oxygen atoms in total. The molecule has 0 aliphatic rings. The van der Waals surface area contributed by atoms with Gasteiger partial charge in [-0.25, -0.2) is 4.98 Å². The first-order valence-corrected chi connectivity index (χ1v) is 8.72. The van der Waals surface area contributed by atoms with E-state index in [4.69, 9.17) is 4.74 Å². The van der Waals surface area contributed by atoms with Gasteiger partial charge in [-0.1, -0.05) is 12.1 Å². The van der Waals surface area contributed by atoms with Crippen LogP contribution in [0, 0.1) is 6.92 Å². The molecule has 0 aliphatic heterocycles. The summed E-state index contributed by atoms with van der Waals surface area (Å²) >= 11 is 1.38. The zero-order valence-corrected chi connectivity index (χ0v) is 15.1. The van der Waals surface area contributed by atoms with Crippen molar-refractivity contribution >= 4 is 17.2 Å². The average Bonchev–Trinajstić information content (AvgIpc) is 3.04. The van der Waals surface area contributed by atoms with Gasteiger partial charge in [0, 0.05) is 18.0 Å². The summed E-state index contributed by atoms with van der Waals surface area (Å²) < 4.78 is 5.16. The molecule has 2 aromatic heterocycles. The SMILES string of the molecule is COc1ccc(C(C)NC(=O)c2sc(-c3cccnc3)nc2C)cc1. The zero-order valence-electron chi connectivity index (χ0n) is 14.3. The molecule has 1 aromatic carbocycles. The molecule has 0 radical (unpaired) electrons. The van der Waals surface area contributed by atoms with Gasteiger partial charge in [0.15, 0.2) is 0 Å². The number of hydrogen-bond acceptors (Lipinski definition) is 5. The Balaban J connectivity index is 1.75. The molecule has 25 heavy (non-hydrogen) atoms. The molecule has 2 heterocycles. The number of nitrogens with zero attached hydrogens (tertiary/aromatic N) is 2. The van der Waals surface area contributed by atoms with E-state index in [9.17, 15) is 4.79 Å². The number of methoxy groups -OCH3 is 1. The first-order valence-electron chi connectivity index (χ1n) is 7.91. The minimum Gasteiger partial charge on any atom is -0.497 e. The summed E-state index contributed by atoms with van der Waals surface area (Å²) in [6.45, 7) is 3.81. The van der Waals surface area contributed by atoms with Crippen LogP contribution in [0.2, 0.25) is 0 Å². The lowest BCUT2D eigenvalue weighted by atomic mass is 10.1. The lowest BCUT2D eigenvalue weighted by Gasteiger charge is -2.14. The highest BCUT2D eigenvalue weighted by Crippen LogP contribution is 2.28. The average molecular weight is 353 g/mol. The molecule has 3 rings (SSSR count). The summed E-state index contributed by atoms with van der Waals surface area (Å²) in [5, 5.41) is 3.83. The van der Waals surface area contributed by atoms with Gasteiger partial charge in [0.1, 0.15) is 15.6 Å². The van der Waals surface area contributed by atoms with E-state index >= 15 is 0 Å². The maximum absolute atomic E-state index is 12.6. The van der Waals surface area contributed by atoms with Crippen molar-refractivity contribution in [2.45, 2.75) is 19.9 Å². The van der Waals surface area contributed by atoms with E-state index < -0.39 is 0 Å². The Bertz CT molecular complexity index is 860. The number of amides is 1. The molecule has 0 saturated heterocycles. The monoisotopic (exact) mass is 353 g/mol. The number of thiazole rings is 1. The number of hydrogen-bond donors (Lipinski definition) is 1. The van der Waals surface area contributed by atoms with E-state index in [1.54, 1.807) is 19.5 Å². The Morgan fingerprint density at radius 1 is 1.24 bits per heavy atom. The number of aryl methyl sites for hydroxylation is 1. The molecule has 0 fully saturated rings. The van der Waals surface area contributed by atoms with Crippen molar-refractivity contribution in [1.29, 1.82) is 0 Å². The summed E-state index contributed by atoms with van der Waals surface area (Å²) in [7, 11) is 1.63. The van der Waals surface area contributed by atoms with Crippen LogP contribution in [0.4, 0.5) is 0 Å². The van der Waals surface area contributed by atoms with Gasteiger partial charge in [-0.15, -0.1) is 11.3 Å². The number of pyridine rings is 1. The maximum Gasteiger partial charge on any atom is 0.263 e. The third-order valence-corrected chi connectivity index (χ3v) is 5.08. The molecule has 1 unspecified atom stereocenters. The normalized spacial score (nSPS) is 11.8. The van der Waals surface area contributed by atoms with Crippen LogP contribution in [0.1, 0.15) is 33.9 Å². The fourth-order valence-electron chi connectivity index (χ4n) is 2.46. The summed E-state index contributed by atoms with van der Waals surface area (Å²) in [4.78, 5) is 21.9. The van der Waals surface area contributed by atoms with E-state index in [0.29, 0.717) is 4.88 Å². The minimum absolute atomic E-state index is 0.109. The Kier molecular flexibility index (Phi) is 5.09. The Morgan fingerprint density at radius 3 is 2.64 bits per heavy atom. The van der Waals surface area contributed by atoms with Crippen LogP contribution in [0.3, 0.4) is 0 Å². The van der Waals surface area contributed by atoms with Crippen molar-refractivity contribution in [3.05, 3.63) is 64.9 Å². The van der Waals surface area contributed by atoms with Crippen LogP contribution in [-0.2, 0) is 0 Å². The highest BCUT2D eigenvalue weighted by atomic mass is 32.1. The van der Waals surface area contributed by atoms with Gasteiger partial charge in [0.05, 0.1) is 18.8 Å². The molecule has 0 bridgehead atoms. The lowest BCUT2D eigenvalue weighted by Crippen LogP contribution is -2.26.